The van der Waals surface area contributed by atoms with Gasteiger partial charge in [-0.15, -0.1) is 0 Å². The molecular weight excluding hydrogens is 393 g/mol. The minimum atomic E-state index is -4.55. The highest BCUT2D eigenvalue weighted by Gasteiger charge is 2.32. The molecule has 1 unspecified atom stereocenters. The number of ether oxygens (including phenoxy) is 1. The Morgan fingerprint density at radius 1 is 1.03 bits per heavy atom. The van der Waals surface area contributed by atoms with E-state index in [-0.39, 0.29) is 11.1 Å². The first kappa shape index (κ1) is 20.0. The summed E-state index contributed by atoms with van der Waals surface area (Å²) in [5, 5.41) is 9.42. The molecule has 0 aliphatic carbocycles. The molecule has 1 atom stereocenters. The molecule has 1 aliphatic heterocycles. The summed E-state index contributed by atoms with van der Waals surface area (Å²) >= 11 is 0. The van der Waals surface area contributed by atoms with Gasteiger partial charge in [0.15, 0.2) is 0 Å². The molecule has 4 rings (SSSR count). The van der Waals surface area contributed by atoms with Gasteiger partial charge < -0.3 is 9.84 Å². The van der Waals surface area contributed by atoms with Crippen LogP contribution in [0.2, 0.25) is 0 Å². The normalized spacial score (nSPS) is 15.9. The number of hydrogen-bond donors (Lipinski definition) is 1. The second kappa shape index (κ2) is 7.86. The monoisotopic (exact) mass is 412 g/mol. The van der Waals surface area contributed by atoms with Gasteiger partial charge in [-0.1, -0.05) is 42.5 Å². The quantitative estimate of drug-likeness (QED) is 0.584. The van der Waals surface area contributed by atoms with E-state index in [0.717, 1.165) is 36.6 Å². The van der Waals surface area contributed by atoms with Gasteiger partial charge >= 0.3 is 12.1 Å². The Hall–Kier alpha value is -3.28. The van der Waals surface area contributed by atoms with Gasteiger partial charge in [-0.05, 0) is 59.4 Å². The van der Waals surface area contributed by atoms with Crippen LogP contribution in [0.25, 0.3) is 11.1 Å². The van der Waals surface area contributed by atoms with Crippen molar-refractivity contribution in [2.45, 2.75) is 19.0 Å². The van der Waals surface area contributed by atoms with E-state index in [2.05, 4.69) is 12.1 Å². The zero-order valence-electron chi connectivity index (χ0n) is 15.9. The average molecular weight is 412 g/mol. The van der Waals surface area contributed by atoms with E-state index in [9.17, 15) is 23.1 Å². The first-order valence-corrected chi connectivity index (χ1v) is 9.56. The molecule has 1 N–H and O–H groups in total. The summed E-state index contributed by atoms with van der Waals surface area (Å²) in [6, 6.07) is 17.9. The second-order valence-corrected chi connectivity index (χ2v) is 7.46. The van der Waals surface area contributed by atoms with Crippen LogP contribution >= 0.6 is 0 Å². The molecule has 0 amide bonds. The van der Waals surface area contributed by atoms with E-state index in [1.54, 1.807) is 12.1 Å². The number of aromatic carboxylic acids is 1. The highest BCUT2D eigenvalue weighted by Crippen LogP contribution is 2.37. The van der Waals surface area contributed by atoms with E-state index < -0.39 is 17.7 Å². The number of halogens is 3. The van der Waals surface area contributed by atoms with Crippen molar-refractivity contribution in [3.8, 4) is 16.9 Å². The minimum absolute atomic E-state index is 0.0233. The molecule has 1 heterocycles. The van der Waals surface area contributed by atoms with Gasteiger partial charge in [0.05, 0.1) is 17.7 Å². The first-order valence-electron chi connectivity index (χ1n) is 9.56. The summed E-state index contributed by atoms with van der Waals surface area (Å²) in [5.41, 5.74) is 1.54. The van der Waals surface area contributed by atoms with Crippen LogP contribution < -0.4 is 4.74 Å². The molecule has 3 aromatic carbocycles. The summed E-state index contributed by atoms with van der Waals surface area (Å²) in [6.45, 7) is 0.500. The molecule has 0 radical (unpaired) electrons. The fraction of sp³-hybridized carbons (Fsp3) is 0.208. The summed E-state index contributed by atoms with van der Waals surface area (Å²) in [4.78, 5) is 11.5. The molecule has 0 spiro atoms. The van der Waals surface area contributed by atoms with E-state index in [1.807, 2.05) is 24.3 Å². The number of carboxylic acid groups (broad SMARTS) is 1. The van der Waals surface area contributed by atoms with Crippen molar-refractivity contribution >= 4 is 5.97 Å². The highest BCUT2D eigenvalue weighted by atomic mass is 19.4. The highest BCUT2D eigenvalue weighted by molar-refractivity contribution is 5.96. The Morgan fingerprint density at radius 2 is 1.80 bits per heavy atom. The molecule has 6 heteroatoms. The van der Waals surface area contributed by atoms with Gasteiger partial charge in [0.2, 0.25) is 0 Å². The third-order valence-electron chi connectivity index (χ3n) is 5.31. The van der Waals surface area contributed by atoms with Crippen molar-refractivity contribution < 1.29 is 27.8 Å². The first-order chi connectivity index (χ1) is 14.3. The van der Waals surface area contributed by atoms with E-state index >= 15 is 0 Å². The van der Waals surface area contributed by atoms with Crippen molar-refractivity contribution in [3.63, 3.8) is 0 Å². The van der Waals surface area contributed by atoms with E-state index in [4.69, 9.17) is 4.74 Å². The van der Waals surface area contributed by atoms with Crippen molar-refractivity contribution in [1.82, 2.24) is 0 Å². The fourth-order valence-corrected chi connectivity index (χ4v) is 3.83. The van der Waals surface area contributed by atoms with Crippen molar-refractivity contribution in [2.75, 3.05) is 6.61 Å². The Labute approximate surface area is 171 Å². The summed E-state index contributed by atoms with van der Waals surface area (Å²) in [5.74, 6) is -0.389. The van der Waals surface area contributed by atoms with Gasteiger partial charge in [0.1, 0.15) is 5.75 Å². The van der Waals surface area contributed by atoms with Crippen LogP contribution in [0.15, 0.2) is 66.7 Å². The Kier molecular flexibility index (Phi) is 5.24. The largest absolute Gasteiger partial charge is 0.493 e. The van der Waals surface area contributed by atoms with E-state index in [1.165, 1.54) is 5.56 Å². The summed E-state index contributed by atoms with van der Waals surface area (Å²) in [6.07, 6.45) is -2.89. The second-order valence-electron chi connectivity index (χ2n) is 7.46. The molecule has 1 aliphatic rings. The molecular formula is C24H19F3O3. The lowest BCUT2D eigenvalue weighted by atomic mass is 9.89. The number of alkyl halides is 3. The number of carbonyl (C=O) groups is 1. The minimum Gasteiger partial charge on any atom is -0.493 e. The third-order valence-corrected chi connectivity index (χ3v) is 5.31. The van der Waals surface area contributed by atoms with Gasteiger partial charge in [-0.25, -0.2) is 4.79 Å². The molecule has 3 aromatic rings. The molecule has 0 bridgehead atoms. The Bertz CT molecular complexity index is 1070. The molecule has 0 saturated heterocycles. The van der Waals surface area contributed by atoms with Crippen molar-refractivity contribution in [3.05, 3.63) is 89.0 Å². The van der Waals surface area contributed by atoms with Gasteiger partial charge in [-0.2, -0.15) is 13.2 Å². The fourth-order valence-electron chi connectivity index (χ4n) is 3.83. The zero-order chi connectivity index (χ0) is 21.3. The maximum atomic E-state index is 13.1. The molecule has 3 nitrogen and oxygen atoms in total. The number of hydrogen-bond acceptors (Lipinski definition) is 2. The van der Waals surface area contributed by atoms with Gasteiger partial charge in [0.25, 0.3) is 0 Å². The number of rotatable bonds is 4. The molecule has 30 heavy (non-hydrogen) atoms. The predicted molar refractivity (Wildman–Crippen MR) is 107 cm³/mol. The lowest BCUT2D eigenvalue weighted by Crippen LogP contribution is -2.22. The Balaban J connectivity index is 1.63. The number of benzene rings is 3. The lowest BCUT2D eigenvalue weighted by Gasteiger charge is -2.26. The zero-order valence-corrected chi connectivity index (χ0v) is 15.9. The van der Waals surface area contributed by atoms with Crippen LogP contribution in [-0.2, 0) is 19.0 Å². The van der Waals surface area contributed by atoms with Crippen LogP contribution in [0.5, 0.6) is 5.75 Å². The molecule has 0 aromatic heterocycles. The van der Waals surface area contributed by atoms with Crippen LogP contribution in [0.1, 0.15) is 27.0 Å². The van der Waals surface area contributed by atoms with E-state index in [0.29, 0.717) is 23.8 Å². The molecule has 154 valence electrons. The SMILES string of the molecule is O=C(O)c1ccc(C(F)(F)F)cc1-c1ccc2c(c1)OCC(Cc1ccccc1)C2. The standard InChI is InChI=1S/C24H19F3O3/c25-24(26,27)19-8-9-20(23(28)29)21(13-19)17-6-7-18-11-16(14-30-22(18)12-17)10-15-4-2-1-3-5-15/h1-9,12-13,16H,10-11,14H2,(H,28,29). The van der Waals surface area contributed by atoms with Crippen LogP contribution in [-0.4, -0.2) is 17.7 Å². The lowest BCUT2D eigenvalue weighted by molar-refractivity contribution is -0.137. The smallest absolute Gasteiger partial charge is 0.416 e. The topological polar surface area (TPSA) is 46.5 Å². The van der Waals surface area contributed by atoms with Gasteiger partial charge in [-0.3, -0.25) is 0 Å². The summed E-state index contributed by atoms with van der Waals surface area (Å²) in [7, 11) is 0. The predicted octanol–water partition coefficient (Wildman–Crippen LogP) is 5.86. The summed E-state index contributed by atoms with van der Waals surface area (Å²) < 4.78 is 45.3. The third kappa shape index (κ3) is 4.17. The number of carboxylic acids is 1. The Morgan fingerprint density at radius 3 is 2.50 bits per heavy atom. The van der Waals surface area contributed by atoms with Crippen molar-refractivity contribution in [2.24, 2.45) is 5.92 Å². The van der Waals surface area contributed by atoms with Crippen LogP contribution in [0.3, 0.4) is 0 Å². The van der Waals surface area contributed by atoms with Crippen LogP contribution in [0.4, 0.5) is 13.2 Å². The maximum absolute atomic E-state index is 13.1. The van der Waals surface area contributed by atoms with Crippen molar-refractivity contribution in [1.29, 1.82) is 0 Å². The molecule has 0 saturated carbocycles. The molecule has 0 fully saturated rings. The van der Waals surface area contributed by atoms with Crippen LogP contribution in [0, 0.1) is 5.92 Å². The number of fused-ring (bicyclic) bond motifs is 1. The maximum Gasteiger partial charge on any atom is 0.416 e. The van der Waals surface area contributed by atoms with Gasteiger partial charge in [0, 0.05) is 5.92 Å². The average Bonchev–Trinajstić information content (AvgIpc) is 2.73.